The summed E-state index contributed by atoms with van der Waals surface area (Å²) in [4.78, 5) is 36.1. The number of H-pyrrole nitrogens is 2. The highest BCUT2D eigenvalue weighted by atomic mass is 16.2. The third kappa shape index (κ3) is 3.38. The monoisotopic (exact) mass is 429 g/mol. The number of aromatic amines is 2. The van der Waals surface area contributed by atoms with E-state index in [0.717, 1.165) is 41.5 Å². The molecule has 32 heavy (non-hydrogen) atoms. The Kier molecular flexibility index (Phi) is 5.04. The summed E-state index contributed by atoms with van der Waals surface area (Å²) in [6.07, 6.45) is 2.89. The normalized spacial score (nSPS) is 17.7. The van der Waals surface area contributed by atoms with Gasteiger partial charge in [-0.15, -0.1) is 0 Å². The molecule has 164 valence electrons. The Hall–Kier alpha value is -3.48. The van der Waals surface area contributed by atoms with E-state index >= 15 is 0 Å². The SMILES string of the molecule is Cc1cc2nc([C@H]3CCCCN3C(=O)[C@@H](C)c3n[nH]c(=O)c4ccccc34)[nH]c2cc1C. The van der Waals surface area contributed by atoms with Crippen LogP contribution in [0.2, 0.25) is 0 Å². The van der Waals surface area contributed by atoms with Gasteiger partial charge in [0.05, 0.1) is 34.1 Å². The highest BCUT2D eigenvalue weighted by Crippen LogP contribution is 2.34. The summed E-state index contributed by atoms with van der Waals surface area (Å²) in [6, 6.07) is 11.4. The Morgan fingerprint density at radius 3 is 2.69 bits per heavy atom. The third-order valence-corrected chi connectivity index (χ3v) is 6.72. The lowest BCUT2D eigenvalue weighted by Gasteiger charge is -2.36. The summed E-state index contributed by atoms with van der Waals surface area (Å²) in [6.45, 7) is 6.73. The number of rotatable bonds is 3. The molecule has 0 unspecified atom stereocenters. The number of carbonyl (C=O) groups is 1. The van der Waals surface area contributed by atoms with Gasteiger partial charge in [0.25, 0.3) is 5.56 Å². The highest BCUT2D eigenvalue weighted by molar-refractivity contribution is 5.91. The van der Waals surface area contributed by atoms with Crippen LogP contribution in [0.4, 0.5) is 0 Å². The van der Waals surface area contributed by atoms with Crippen molar-refractivity contribution in [1.29, 1.82) is 0 Å². The molecule has 0 bridgehead atoms. The second-order valence-electron chi connectivity index (χ2n) is 8.82. The number of piperidine rings is 1. The Morgan fingerprint density at radius 2 is 1.88 bits per heavy atom. The molecule has 1 amide bonds. The minimum atomic E-state index is -0.480. The van der Waals surface area contributed by atoms with E-state index < -0.39 is 5.92 Å². The molecule has 4 aromatic rings. The molecular formula is C25H27N5O2. The second kappa shape index (κ2) is 7.89. The molecule has 2 N–H and O–H groups in total. The average molecular weight is 430 g/mol. The Bertz CT molecular complexity index is 1350. The summed E-state index contributed by atoms with van der Waals surface area (Å²) >= 11 is 0. The van der Waals surface area contributed by atoms with Crippen LogP contribution in [-0.2, 0) is 4.79 Å². The maximum atomic E-state index is 13.7. The number of benzene rings is 2. The summed E-state index contributed by atoms with van der Waals surface area (Å²) < 4.78 is 0. The van der Waals surface area contributed by atoms with Gasteiger partial charge in [-0.3, -0.25) is 9.59 Å². The second-order valence-corrected chi connectivity index (χ2v) is 8.82. The van der Waals surface area contributed by atoms with Crippen molar-refractivity contribution >= 4 is 27.7 Å². The molecule has 2 atom stereocenters. The zero-order chi connectivity index (χ0) is 22.4. The van der Waals surface area contributed by atoms with Crippen LogP contribution in [0.3, 0.4) is 0 Å². The molecule has 1 saturated heterocycles. The van der Waals surface area contributed by atoms with Gasteiger partial charge in [0, 0.05) is 11.9 Å². The first kappa shape index (κ1) is 20.4. The third-order valence-electron chi connectivity index (χ3n) is 6.72. The van der Waals surface area contributed by atoms with Crippen molar-refractivity contribution in [3.05, 3.63) is 69.4 Å². The first-order chi connectivity index (χ1) is 15.4. The van der Waals surface area contributed by atoms with Crippen LogP contribution in [-0.4, -0.2) is 37.5 Å². The molecule has 2 aromatic heterocycles. The van der Waals surface area contributed by atoms with Crippen LogP contribution in [0.5, 0.6) is 0 Å². The number of imidazole rings is 1. The van der Waals surface area contributed by atoms with E-state index in [1.54, 1.807) is 6.07 Å². The van der Waals surface area contributed by atoms with E-state index in [2.05, 4.69) is 41.2 Å². The number of aryl methyl sites for hydroxylation is 2. The van der Waals surface area contributed by atoms with Crippen LogP contribution in [0.15, 0.2) is 41.2 Å². The Balaban J connectivity index is 1.51. The van der Waals surface area contributed by atoms with Gasteiger partial charge in [0.15, 0.2) is 0 Å². The topological polar surface area (TPSA) is 94.7 Å². The van der Waals surface area contributed by atoms with Crippen LogP contribution in [0, 0.1) is 13.8 Å². The van der Waals surface area contributed by atoms with Crippen LogP contribution in [0.25, 0.3) is 21.8 Å². The first-order valence-corrected chi connectivity index (χ1v) is 11.2. The van der Waals surface area contributed by atoms with Crippen molar-refractivity contribution in [2.45, 2.75) is 52.0 Å². The van der Waals surface area contributed by atoms with E-state index in [4.69, 9.17) is 4.98 Å². The molecule has 7 nitrogen and oxygen atoms in total. The fourth-order valence-electron chi connectivity index (χ4n) is 4.76. The lowest BCUT2D eigenvalue weighted by molar-refractivity contribution is -0.136. The quantitative estimate of drug-likeness (QED) is 0.508. The van der Waals surface area contributed by atoms with E-state index in [9.17, 15) is 9.59 Å². The lowest BCUT2D eigenvalue weighted by atomic mass is 9.96. The molecule has 1 aliphatic heterocycles. The fourth-order valence-corrected chi connectivity index (χ4v) is 4.76. The van der Waals surface area contributed by atoms with Gasteiger partial charge in [0.1, 0.15) is 5.82 Å². The van der Waals surface area contributed by atoms with Crippen molar-refractivity contribution in [2.24, 2.45) is 0 Å². The molecule has 1 aliphatic rings. The zero-order valence-corrected chi connectivity index (χ0v) is 18.6. The van der Waals surface area contributed by atoms with Crippen molar-refractivity contribution in [2.75, 3.05) is 6.54 Å². The standard InChI is InChI=1S/C25H27N5O2/c1-14-12-19-20(13-15(14)2)27-23(26-19)21-10-6-7-11-30(21)25(32)16(3)22-17-8-4-5-9-18(17)24(31)29-28-22/h4-5,8-9,12-13,16,21H,6-7,10-11H2,1-3H3,(H,26,27)(H,29,31)/t16-,21+/m0/s1. The average Bonchev–Trinajstić information content (AvgIpc) is 3.21. The molecule has 3 heterocycles. The highest BCUT2D eigenvalue weighted by Gasteiger charge is 2.34. The minimum absolute atomic E-state index is 0.00668. The van der Waals surface area contributed by atoms with Crippen LogP contribution in [0.1, 0.15) is 60.8 Å². The molecule has 2 aromatic carbocycles. The molecular weight excluding hydrogens is 402 g/mol. The van der Waals surface area contributed by atoms with Gasteiger partial charge < -0.3 is 9.88 Å². The van der Waals surface area contributed by atoms with Gasteiger partial charge in [0.2, 0.25) is 5.91 Å². The largest absolute Gasteiger partial charge is 0.340 e. The number of amides is 1. The maximum Gasteiger partial charge on any atom is 0.272 e. The number of hydrogen-bond donors (Lipinski definition) is 2. The number of nitrogens with one attached hydrogen (secondary N) is 2. The number of fused-ring (bicyclic) bond motifs is 2. The maximum absolute atomic E-state index is 13.7. The van der Waals surface area contributed by atoms with Gasteiger partial charge >= 0.3 is 0 Å². The number of hydrogen-bond acceptors (Lipinski definition) is 4. The molecule has 0 saturated carbocycles. The van der Waals surface area contributed by atoms with Gasteiger partial charge in [-0.1, -0.05) is 18.2 Å². The summed E-state index contributed by atoms with van der Waals surface area (Å²) in [5.74, 6) is 0.364. The predicted octanol–water partition coefficient (Wildman–Crippen LogP) is 4.27. The smallest absolute Gasteiger partial charge is 0.272 e. The number of nitrogens with zero attached hydrogens (tertiary/aromatic N) is 3. The van der Waals surface area contributed by atoms with Gasteiger partial charge in [-0.2, -0.15) is 5.10 Å². The Morgan fingerprint density at radius 1 is 1.12 bits per heavy atom. The fraction of sp³-hybridized carbons (Fsp3) is 0.360. The van der Waals surface area contributed by atoms with E-state index in [1.165, 1.54) is 11.1 Å². The van der Waals surface area contributed by atoms with E-state index in [-0.39, 0.29) is 17.5 Å². The molecule has 0 spiro atoms. The number of carbonyl (C=O) groups excluding carboxylic acids is 1. The van der Waals surface area contributed by atoms with Crippen molar-refractivity contribution in [1.82, 2.24) is 25.1 Å². The van der Waals surface area contributed by atoms with Gasteiger partial charge in [-0.25, -0.2) is 10.1 Å². The lowest BCUT2D eigenvalue weighted by Crippen LogP contribution is -2.41. The summed E-state index contributed by atoms with van der Waals surface area (Å²) in [5, 5.41) is 8.10. The van der Waals surface area contributed by atoms with Crippen molar-refractivity contribution in [3.8, 4) is 0 Å². The first-order valence-electron chi connectivity index (χ1n) is 11.2. The number of aromatic nitrogens is 4. The van der Waals surface area contributed by atoms with Crippen molar-refractivity contribution < 1.29 is 4.79 Å². The van der Waals surface area contributed by atoms with Gasteiger partial charge in [-0.05, 0) is 69.4 Å². The van der Waals surface area contributed by atoms with Crippen LogP contribution < -0.4 is 5.56 Å². The zero-order valence-electron chi connectivity index (χ0n) is 18.6. The Labute approximate surface area is 185 Å². The molecule has 5 rings (SSSR count). The molecule has 0 radical (unpaired) electrons. The number of likely N-dealkylation sites (tertiary alicyclic amines) is 1. The predicted molar refractivity (Wildman–Crippen MR) is 125 cm³/mol. The molecule has 7 heteroatoms. The van der Waals surface area contributed by atoms with E-state index in [0.29, 0.717) is 17.6 Å². The summed E-state index contributed by atoms with van der Waals surface area (Å²) in [5.41, 5.74) is 4.72. The van der Waals surface area contributed by atoms with Crippen molar-refractivity contribution in [3.63, 3.8) is 0 Å². The minimum Gasteiger partial charge on any atom is -0.340 e. The summed E-state index contributed by atoms with van der Waals surface area (Å²) in [7, 11) is 0. The molecule has 1 fully saturated rings. The van der Waals surface area contributed by atoms with E-state index in [1.807, 2.05) is 30.0 Å². The molecule has 0 aliphatic carbocycles. The van der Waals surface area contributed by atoms with Crippen LogP contribution >= 0.6 is 0 Å².